The lowest BCUT2D eigenvalue weighted by Crippen LogP contribution is -2.43. The van der Waals surface area contributed by atoms with Crippen molar-refractivity contribution in [3.05, 3.63) is 48.7 Å². The molecule has 10 nitrogen and oxygen atoms in total. The van der Waals surface area contributed by atoms with Gasteiger partial charge in [0.25, 0.3) is 5.91 Å². The highest BCUT2D eigenvalue weighted by molar-refractivity contribution is 5.98. The molecule has 4 rings (SSSR count). The van der Waals surface area contributed by atoms with Gasteiger partial charge in [-0.25, -0.2) is 14.6 Å². The third-order valence-corrected chi connectivity index (χ3v) is 4.98. The number of anilines is 3. The van der Waals surface area contributed by atoms with Crippen LogP contribution in [-0.2, 0) is 0 Å². The highest BCUT2D eigenvalue weighted by atomic mass is 16.1. The largest absolute Gasteiger partial charge is 0.365 e. The molecule has 6 N–H and O–H groups in total. The Morgan fingerprint density at radius 1 is 1.24 bits per heavy atom. The molecule has 0 unspecified atom stereocenters. The van der Waals surface area contributed by atoms with Gasteiger partial charge in [0.15, 0.2) is 0 Å². The lowest BCUT2D eigenvalue weighted by atomic mass is 9.91. The first-order chi connectivity index (χ1) is 14.1. The Labute approximate surface area is 167 Å². The van der Waals surface area contributed by atoms with Gasteiger partial charge in [0, 0.05) is 24.0 Å². The molecule has 0 saturated heterocycles. The van der Waals surface area contributed by atoms with Crippen molar-refractivity contribution >= 4 is 23.4 Å². The van der Waals surface area contributed by atoms with Crippen LogP contribution in [0.2, 0.25) is 0 Å². The second kappa shape index (κ2) is 8.23. The summed E-state index contributed by atoms with van der Waals surface area (Å²) in [5.41, 5.74) is 13.5. The SMILES string of the molecule is NC(=O)c1cnc(N[C@@H]2CCCC[C@@H]2N)nc1Nc1cccc(-n2cncn2)c1. The standard InChI is InChI=1S/C19H23N9O/c20-15-6-1-2-7-16(15)26-19-23-9-14(17(21)29)18(27-19)25-12-4-3-5-13(8-12)28-11-22-10-24-28/h3-5,8-11,15-16H,1-2,6-7,20H2,(H2,21,29)(H2,23,25,26,27)/t15-,16+/m0/s1. The predicted octanol–water partition coefficient (Wildman–Crippen LogP) is 1.58. The summed E-state index contributed by atoms with van der Waals surface area (Å²) in [4.78, 5) is 24.5. The molecule has 0 spiro atoms. The smallest absolute Gasteiger partial charge is 0.254 e. The molecule has 3 aromatic rings. The van der Waals surface area contributed by atoms with Crippen molar-refractivity contribution in [3.63, 3.8) is 0 Å². The number of carbonyl (C=O) groups excluding carboxylic acids is 1. The fourth-order valence-electron chi connectivity index (χ4n) is 3.44. The maximum Gasteiger partial charge on any atom is 0.254 e. The topological polar surface area (TPSA) is 150 Å². The number of nitrogens with zero attached hydrogens (tertiary/aromatic N) is 5. The summed E-state index contributed by atoms with van der Waals surface area (Å²) in [6.07, 6.45) is 8.68. The van der Waals surface area contributed by atoms with Crippen molar-refractivity contribution in [2.45, 2.75) is 37.8 Å². The Hall–Kier alpha value is -3.53. The molecular formula is C19H23N9O. The second-order valence-corrected chi connectivity index (χ2v) is 7.03. The summed E-state index contributed by atoms with van der Waals surface area (Å²) >= 11 is 0. The number of primary amides is 1. The number of aromatic nitrogens is 5. The Balaban J connectivity index is 1.60. The molecular weight excluding hydrogens is 370 g/mol. The van der Waals surface area contributed by atoms with Crippen LogP contribution in [0.4, 0.5) is 17.5 Å². The average Bonchev–Trinajstić information content (AvgIpc) is 3.25. The summed E-state index contributed by atoms with van der Waals surface area (Å²) in [7, 11) is 0. The van der Waals surface area contributed by atoms with Gasteiger partial charge in [0.1, 0.15) is 24.0 Å². The molecule has 2 heterocycles. The van der Waals surface area contributed by atoms with E-state index in [1.165, 1.54) is 12.5 Å². The average molecular weight is 393 g/mol. The Morgan fingerprint density at radius 3 is 2.86 bits per heavy atom. The lowest BCUT2D eigenvalue weighted by Gasteiger charge is -2.29. The molecule has 1 saturated carbocycles. The molecule has 1 fully saturated rings. The van der Waals surface area contributed by atoms with Gasteiger partial charge in [-0.05, 0) is 31.0 Å². The highest BCUT2D eigenvalue weighted by Crippen LogP contribution is 2.24. The fraction of sp³-hybridized carbons (Fsp3) is 0.316. The Bertz CT molecular complexity index is 989. The van der Waals surface area contributed by atoms with Crippen molar-refractivity contribution in [2.24, 2.45) is 11.5 Å². The van der Waals surface area contributed by atoms with Crippen LogP contribution in [0.15, 0.2) is 43.1 Å². The minimum absolute atomic E-state index is 0.0546. The molecule has 10 heteroatoms. The summed E-state index contributed by atoms with van der Waals surface area (Å²) in [6.45, 7) is 0. The first-order valence-electron chi connectivity index (χ1n) is 9.51. The number of amides is 1. The third-order valence-electron chi connectivity index (χ3n) is 4.98. The number of nitrogens with one attached hydrogen (secondary N) is 2. The van der Waals surface area contributed by atoms with E-state index in [-0.39, 0.29) is 17.6 Å². The molecule has 1 amide bonds. The van der Waals surface area contributed by atoms with Crippen LogP contribution in [0.25, 0.3) is 5.69 Å². The van der Waals surface area contributed by atoms with Gasteiger partial charge in [-0.1, -0.05) is 18.9 Å². The van der Waals surface area contributed by atoms with Crippen molar-refractivity contribution in [1.29, 1.82) is 0 Å². The summed E-state index contributed by atoms with van der Waals surface area (Å²) in [5.74, 6) is 0.128. The predicted molar refractivity (Wildman–Crippen MR) is 109 cm³/mol. The minimum Gasteiger partial charge on any atom is -0.365 e. The molecule has 2 atom stereocenters. The van der Waals surface area contributed by atoms with Crippen molar-refractivity contribution in [1.82, 2.24) is 24.7 Å². The van der Waals surface area contributed by atoms with E-state index in [0.717, 1.165) is 37.1 Å². The van der Waals surface area contributed by atoms with Crippen LogP contribution < -0.4 is 22.1 Å². The van der Waals surface area contributed by atoms with Crippen LogP contribution in [0, 0.1) is 0 Å². The van der Waals surface area contributed by atoms with Crippen molar-refractivity contribution in [3.8, 4) is 5.69 Å². The van der Waals surface area contributed by atoms with Gasteiger partial charge in [-0.3, -0.25) is 4.79 Å². The normalized spacial score (nSPS) is 18.9. The van der Waals surface area contributed by atoms with Crippen LogP contribution in [0.3, 0.4) is 0 Å². The molecule has 150 valence electrons. The zero-order chi connectivity index (χ0) is 20.2. The molecule has 0 radical (unpaired) electrons. The zero-order valence-corrected chi connectivity index (χ0v) is 15.8. The van der Waals surface area contributed by atoms with Gasteiger partial charge in [-0.15, -0.1) is 0 Å². The van der Waals surface area contributed by atoms with E-state index >= 15 is 0 Å². The number of hydrogen-bond acceptors (Lipinski definition) is 8. The second-order valence-electron chi connectivity index (χ2n) is 7.03. The van der Waals surface area contributed by atoms with Gasteiger partial charge >= 0.3 is 0 Å². The number of benzene rings is 1. The third kappa shape index (κ3) is 4.32. The van der Waals surface area contributed by atoms with Gasteiger partial charge in [0.2, 0.25) is 5.95 Å². The quantitative estimate of drug-likeness (QED) is 0.493. The highest BCUT2D eigenvalue weighted by Gasteiger charge is 2.23. The maximum atomic E-state index is 11.9. The first kappa shape index (κ1) is 18.8. The van der Waals surface area contributed by atoms with Crippen molar-refractivity contribution < 1.29 is 4.79 Å². The van der Waals surface area contributed by atoms with E-state index in [9.17, 15) is 4.79 Å². The van der Waals surface area contributed by atoms with Gasteiger partial charge in [-0.2, -0.15) is 10.1 Å². The van der Waals surface area contributed by atoms with E-state index in [1.807, 2.05) is 24.3 Å². The van der Waals surface area contributed by atoms with E-state index in [4.69, 9.17) is 11.5 Å². The summed E-state index contributed by atoms with van der Waals surface area (Å²) in [6, 6.07) is 7.64. The van der Waals surface area contributed by atoms with Crippen LogP contribution >= 0.6 is 0 Å². The Morgan fingerprint density at radius 2 is 2.10 bits per heavy atom. The first-order valence-corrected chi connectivity index (χ1v) is 9.51. The maximum absolute atomic E-state index is 11.9. The van der Waals surface area contributed by atoms with E-state index in [2.05, 4.69) is 30.7 Å². The minimum atomic E-state index is -0.610. The molecule has 0 aliphatic heterocycles. The molecule has 29 heavy (non-hydrogen) atoms. The van der Waals surface area contributed by atoms with Crippen LogP contribution in [-0.4, -0.2) is 42.7 Å². The zero-order valence-electron chi connectivity index (χ0n) is 15.8. The number of hydrogen-bond donors (Lipinski definition) is 4. The van der Waals surface area contributed by atoms with Gasteiger partial charge in [0.05, 0.1) is 5.69 Å². The van der Waals surface area contributed by atoms with Crippen LogP contribution in [0.1, 0.15) is 36.0 Å². The Kier molecular flexibility index (Phi) is 5.34. The monoisotopic (exact) mass is 393 g/mol. The van der Waals surface area contributed by atoms with Gasteiger partial charge < -0.3 is 22.1 Å². The lowest BCUT2D eigenvalue weighted by molar-refractivity contribution is 0.100. The molecule has 1 aliphatic rings. The molecule has 1 aliphatic carbocycles. The summed E-state index contributed by atoms with van der Waals surface area (Å²) in [5, 5.41) is 10.6. The number of nitrogens with two attached hydrogens (primary N) is 2. The fourth-order valence-corrected chi connectivity index (χ4v) is 3.44. The van der Waals surface area contributed by atoms with Crippen LogP contribution in [0.5, 0.6) is 0 Å². The molecule has 2 aromatic heterocycles. The van der Waals surface area contributed by atoms with E-state index in [1.54, 1.807) is 11.0 Å². The number of carbonyl (C=O) groups is 1. The molecule has 0 bridgehead atoms. The van der Waals surface area contributed by atoms with E-state index in [0.29, 0.717) is 11.8 Å². The van der Waals surface area contributed by atoms with Crippen molar-refractivity contribution in [2.75, 3.05) is 10.6 Å². The summed E-state index contributed by atoms with van der Waals surface area (Å²) < 4.78 is 1.64. The number of rotatable bonds is 6. The molecule has 1 aromatic carbocycles. The van der Waals surface area contributed by atoms with E-state index < -0.39 is 5.91 Å².